The summed E-state index contributed by atoms with van der Waals surface area (Å²) in [4.78, 5) is 25.4. The predicted molar refractivity (Wildman–Crippen MR) is 69.7 cm³/mol. The maximum atomic E-state index is 11.6. The second-order valence-corrected chi connectivity index (χ2v) is 5.15. The Morgan fingerprint density at radius 3 is 2.84 bits per heavy atom. The average molecular weight is 267 g/mol. The summed E-state index contributed by atoms with van der Waals surface area (Å²) in [6.07, 6.45) is 2.52. The van der Waals surface area contributed by atoms with Gasteiger partial charge in [0.2, 0.25) is 0 Å². The Balaban J connectivity index is 1.64. The molecular formula is C14H21NO4. The summed E-state index contributed by atoms with van der Waals surface area (Å²) in [7, 11) is 0. The van der Waals surface area contributed by atoms with Crippen LogP contribution in [0.25, 0.3) is 0 Å². The Hall–Kier alpha value is -1.20. The summed E-state index contributed by atoms with van der Waals surface area (Å²) in [6.45, 7) is 6.36. The first-order valence-electron chi connectivity index (χ1n) is 6.85. The Morgan fingerprint density at radius 2 is 2.21 bits per heavy atom. The number of esters is 1. The molecule has 0 aromatic heterocycles. The molecule has 0 amide bonds. The molecule has 0 aromatic rings. The standard InChI is InChI=1S/C14H21NO4/c1-11-8-12(13(16)9-11)10-14(17)19-7-4-15-2-5-18-6-3-15/h8,11H,2-7,9-10H2,1H3/t11-/m0/s1. The third kappa shape index (κ3) is 4.44. The SMILES string of the molecule is C[C@H]1C=C(CC(=O)OCCN2CCOCC2)C(=O)C1. The summed E-state index contributed by atoms with van der Waals surface area (Å²) in [6, 6.07) is 0. The molecule has 0 spiro atoms. The summed E-state index contributed by atoms with van der Waals surface area (Å²) in [5.41, 5.74) is 0.615. The van der Waals surface area contributed by atoms with Crippen molar-refractivity contribution in [1.29, 1.82) is 0 Å². The second-order valence-electron chi connectivity index (χ2n) is 5.15. The molecule has 1 aliphatic heterocycles. The highest BCUT2D eigenvalue weighted by molar-refractivity contribution is 6.01. The van der Waals surface area contributed by atoms with Gasteiger partial charge in [0.05, 0.1) is 19.6 Å². The van der Waals surface area contributed by atoms with Crippen LogP contribution in [0.3, 0.4) is 0 Å². The maximum absolute atomic E-state index is 11.6. The number of hydrogen-bond acceptors (Lipinski definition) is 5. The number of rotatable bonds is 5. The maximum Gasteiger partial charge on any atom is 0.310 e. The van der Waals surface area contributed by atoms with Crippen LogP contribution in [-0.4, -0.2) is 56.1 Å². The van der Waals surface area contributed by atoms with E-state index in [1.54, 1.807) is 0 Å². The zero-order valence-electron chi connectivity index (χ0n) is 11.4. The Morgan fingerprint density at radius 1 is 1.47 bits per heavy atom. The number of morpholine rings is 1. The van der Waals surface area contributed by atoms with Crippen LogP contribution in [0.5, 0.6) is 0 Å². The van der Waals surface area contributed by atoms with Gasteiger partial charge in [-0.3, -0.25) is 14.5 Å². The number of ketones is 1. The highest BCUT2D eigenvalue weighted by Gasteiger charge is 2.23. The van der Waals surface area contributed by atoms with Crippen molar-refractivity contribution in [3.63, 3.8) is 0 Å². The van der Waals surface area contributed by atoms with Crippen molar-refractivity contribution in [1.82, 2.24) is 4.90 Å². The van der Waals surface area contributed by atoms with Gasteiger partial charge < -0.3 is 9.47 Å². The van der Waals surface area contributed by atoms with Gasteiger partial charge in [0, 0.05) is 31.6 Å². The van der Waals surface area contributed by atoms with Gasteiger partial charge in [-0.25, -0.2) is 0 Å². The van der Waals surface area contributed by atoms with Crippen molar-refractivity contribution in [2.45, 2.75) is 19.8 Å². The van der Waals surface area contributed by atoms with Crippen molar-refractivity contribution in [2.75, 3.05) is 39.5 Å². The summed E-state index contributed by atoms with van der Waals surface area (Å²) in [5.74, 6) is 0.0308. The van der Waals surface area contributed by atoms with E-state index in [0.717, 1.165) is 32.8 Å². The number of carbonyl (C=O) groups is 2. The van der Waals surface area contributed by atoms with Crippen molar-refractivity contribution in [3.05, 3.63) is 11.6 Å². The van der Waals surface area contributed by atoms with Crippen molar-refractivity contribution >= 4 is 11.8 Å². The van der Waals surface area contributed by atoms with E-state index in [0.29, 0.717) is 18.6 Å². The van der Waals surface area contributed by atoms with Crippen LogP contribution in [-0.2, 0) is 19.1 Å². The highest BCUT2D eigenvalue weighted by Crippen LogP contribution is 2.22. The van der Waals surface area contributed by atoms with Crippen LogP contribution in [0, 0.1) is 5.92 Å². The van der Waals surface area contributed by atoms with Crippen molar-refractivity contribution < 1.29 is 19.1 Å². The molecule has 0 radical (unpaired) electrons. The van der Waals surface area contributed by atoms with Gasteiger partial charge >= 0.3 is 5.97 Å². The fourth-order valence-corrected chi connectivity index (χ4v) is 2.40. The minimum atomic E-state index is -0.304. The van der Waals surface area contributed by atoms with E-state index in [9.17, 15) is 9.59 Å². The molecule has 0 N–H and O–H groups in total. The van der Waals surface area contributed by atoms with Crippen LogP contribution < -0.4 is 0 Å². The van der Waals surface area contributed by atoms with E-state index < -0.39 is 0 Å². The van der Waals surface area contributed by atoms with E-state index in [2.05, 4.69) is 4.90 Å². The molecule has 19 heavy (non-hydrogen) atoms. The predicted octanol–water partition coefficient (Wildman–Crippen LogP) is 0.787. The van der Waals surface area contributed by atoms with Gasteiger partial charge in [0.1, 0.15) is 6.61 Å². The van der Waals surface area contributed by atoms with E-state index in [1.807, 2.05) is 13.0 Å². The van der Waals surface area contributed by atoms with Crippen molar-refractivity contribution in [2.24, 2.45) is 5.92 Å². The third-order valence-electron chi connectivity index (χ3n) is 3.46. The van der Waals surface area contributed by atoms with Crippen LogP contribution in [0.1, 0.15) is 19.8 Å². The quantitative estimate of drug-likeness (QED) is 0.689. The second kappa shape index (κ2) is 6.82. The fraction of sp³-hybridized carbons (Fsp3) is 0.714. The number of nitrogens with zero attached hydrogens (tertiary/aromatic N) is 1. The van der Waals surface area contributed by atoms with E-state index in [4.69, 9.17) is 9.47 Å². The molecule has 5 nitrogen and oxygen atoms in total. The minimum absolute atomic E-state index is 0.0811. The molecule has 5 heteroatoms. The number of hydrogen-bond donors (Lipinski definition) is 0. The molecule has 0 aromatic carbocycles. The molecule has 1 aliphatic carbocycles. The van der Waals surface area contributed by atoms with Crippen LogP contribution in [0.2, 0.25) is 0 Å². The van der Waals surface area contributed by atoms with Crippen LogP contribution in [0.4, 0.5) is 0 Å². The van der Waals surface area contributed by atoms with Gasteiger partial charge in [-0.15, -0.1) is 0 Å². The van der Waals surface area contributed by atoms with E-state index in [-0.39, 0.29) is 24.1 Å². The average Bonchev–Trinajstić information content (AvgIpc) is 2.69. The largest absolute Gasteiger partial charge is 0.464 e. The normalized spacial score (nSPS) is 24.4. The number of Topliss-reactive ketones (excluding diaryl/α,β-unsaturated/α-hetero) is 1. The fourth-order valence-electron chi connectivity index (χ4n) is 2.40. The summed E-state index contributed by atoms with van der Waals surface area (Å²) >= 11 is 0. The lowest BCUT2D eigenvalue weighted by atomic mass is 10.1. The summed E-state index contributed by atoms with van der Waals surface area (Å²) < 4.78 is 10.4. The number of ether oxygens (including phenoxy) is 2. The smallest absolute Gasteiger partial charge is 0.310 e. The van der Waals surface area contributed by atoms with Gasteiger partial charge in [-0.2, -0.15) is 0 Å². The topological polar surface area (TPSA) is 55.8 Å². The molecule has 1 atom stereocenters. The molecule has 0 unspecified atom stereocenters. The Kier molecular flexibility index (Phi) is 5.10. The molecule has 1 heterocycles. The molecule has 2 rings (SSSR count). The molecule has 1 fully saturated rings. The number of allylic oxidation sites excluding steroid dienone is 1. The minimum Gasteiger partial charge on any atom is -0.464 e. The Bertz CT molecular complexity index is 372. The van der Waals surface area contributed by atoms with Crippen molar-refractivity contribution in [3.8, 4) is 0 Å². The third-order valence-corrected chi connectivity index (χ3v) is 3.46. The zero-order valence-corrected chi connectivity index (χ0v) is 11.4. The Labute approximate surface area is 113 Å². The zero-order chi connectivity index (χ0) is 13.7. The van der Waals surface area contributed by atoms with Gasteiger partial charge in [0.15, 0.2) is 5.78 Å². The lowest BCUT2D eigenvalue weighted by Crippen LogP contribution is -2.38. The monoisotopic (exact) mass is 267 g/mol. The first-order chi connectivity index (χ1) is 9.15. The first kappa shape index (κ1) is 14.2. The summed E-state index contributed by atoms with van der Waals surface area (Å²) in [5, 5.41) is 0. The highest BCUT2D eigenvalue weighted by atomic mass is 16.5. The number of carbonyl (C=O) groups excluding carboxylic acids is 2. The first-order valence-corrected chi connectivity index (χ1v) is 6.85. The lowest BCUT2D eigenvalue weighted by Gasteiger charge is -2.26. The van der Waals surface area contributed by atoms with Gasteiger partial charge in [-0.1, -0.05) is 13.0 Å². The van der Waals surface area contributed by atoms with Crippen LogP contribution >= 0.6 is 0 Å². The molecular weight excluding hydrogens is 246 g/mol. The van der Waals surface area contributed by atoms with E-state index >= 15 is 0 Å². The molecule has 0 saturated carbocycles. The molecule has 2 aliphatic rings. The van der Waals surface area contributed by atoms with Gasteiger partial charge in [-0.05, 0) is 5.92 Å². The molecule has 106 valence electrons. The van der Waals surface area contributed by atoms with Crippen LogP contribution in [0.15, 0.2) is 11.6 Å². The molecule has 0 bridgehead atoms. The van der Waals surface area contributed by atoms with E-state index in [1.165, 1.54) is 0 Å². The molecule has 1 saturated heterocycles. The van der Waals surface area contributed by atoms with Gasteiger partial charge in [0.25, 0.3) is 0 Å². The lowest BCUT2D eigenvalue weighted by molar-refractivity contribution is -0.144.